The van der Waals surface area contributed by atoms with Crippen molar-refractivity contribution in [3.8, 4) is 0 Å². The number of carbonyl (C=O) groups is 1. The summed E-state index contributed by atoms with van der Waals surface area (Å²) in [5, 5.41) is 11.9. The summed E-state index contributed by atoms with van der Waals surface area (Å²) in [5.41, 5.74) is 6.48. The smallest absolute Gasteiger partial charge is 0.221 e. The Morgan fingerprint density at radius 2 is 2.33 bits per heavy atom. The van der Waals surface area contributed by atoms with Gasteiger partial charge < -0.3 is 20.7 Å². The van der Waals surface area contributed by atoms with Gasteiger partial charge in [0.2, 0.25) is 5.91 Å². The van der Waals surface area contributed by atoms with Gasteiger partial charge in [-0.3, -0.25) is 4.79 Å². The molecule has 0 aromatic carbocycles. The van der Waals surface area contributed by atoms with E-state index in [9.17, 15) is 4.79 Å². The molecule has 0 aliphatic rings. The van der Waals surface area contributed by atoms with E-state index in [2.05, 4.69) is 24.1 Å². The highest BCUT2D eigenvalue weighted by Gasteiger charge is 2.11. The molecule has 0 spiro atoms. The fourth-order valence-corrected chi connectivity index (χ4v) is 1.55. The van der Waals surface area contributed by atoms with Crippen LogP contribution in [0.15, 0.2) is 12.5 Å². The zero-order valence-corrected chi connectivity index (χ0v) is 11.0. The predicted molar refractivity (Wildman–Crippen MR) is 68.7 cm³/mol. The standard InChI is InChI=1S/C12H22N4O2/c1-9(2)5-15-12(18)3-4-16-8-14-6-11(16)10(13)7-17/h6,8-10,17H,3-5,7,13H2,1-2H3,(H,15,18). The largest absolute Gasteiger partial charge is 0.394 e. The minimum absolute atomic E-state index is 0.0147. The van der Waals surface area contributed by atoms with Crippen molar-refractivity contribution in [2.45, 2.75) is 32.9 Å². The molecule has 0 fully saturated rings. The van der Waals surface area contributed by atoms with E-state index in [1.54, 1.807) is 17.1 Å². The van der Waals surface area contributed by atoms with Crippen LogP contribution >= 0.6 is 0 Å². The maximum atomic E-state index is 11.6. The summed E-state index contributed by atoms with van der Waals surface area (Å²) in [6.07, 6.45) is 3.63. The molecule has 0 saturated heterocycles. The van der Waals surface area contributed by atoms with Gasteiger partial charge in [-0.2, -0.15) is 0 Å². The van der Waals surface area contributed by atoms with Crippen molar-refractivity contribution in [1.82, 2.24) is 14.9 Å². The minimum atomic E-state index is -0.453. The van der Waals surface area contributed by atoms with Crippen LogP contribution in [0.2, 0.25) is 0 Å². The molecule has 1 heterocycles. The van der Waals surface area contributed by atoms with Crippen LogP contribution < -0.4 is 11.1 Å². The van der Waals surface area contributed by atoms with Gasteiger partial charge in [-0.1, -0.05) is 13.8 Å². The highest BCUT2D eigenvalue weighted by atomic mass is 16.3. The van der Waals surface area contributed by atoms with Crippen molar-refractivity contribution in [1.29, 1.82) is 0 Å². The topological polar surface area (TPSA) is 93.2 Å². The van der Waals surface area contributed by atoms with Gasteiger partial charge in [-0.15, -0.1) is 0 Å². The predicted octanol–water partition coefficient (Wildman–Crippen LogP) is 0.0375. The van der Waals surface area contributed by atoms with E-state index in [1.165, 1.54) is 0 Å². The number of rotatable bonds is 7. The average Bonchev–Trinajstić information content (AvgIpc) is 2.81. The number of imidazole rings is 1. The fourth-order valence-electron chi connectivity index (χ4n) is 1.55. The Kier molecular flexibility index (Phi) is 5.80. The van der Waals surface area contributed by atoms with Crippen molar-refractivity contribution in [3.63, 3.8) is 0 Å². The molecule has 0 aliphatic heterocycles. The highest BCUT2D eigenvalue weighted by Crippen LogP contribution is 2.09. The van der Waals surface area contributed by atoms with E-state index >= 15 is 0 Å². The first-order chi connectivity index (χ1) is 8.54. The molecule has 1 amide bonds. The maximum absolute atomic E-state index is 11.6. The van der Waals surface area contributed by atoms with Gasteiger partial charge in [-0.05, 0) is 5.92 Å². The number of aryl methyl sites for hydroxylation is 1. The van der Waals surface area contributed by atoms with Gasteiger partial charge in [0, 0.05) is 25.7 Å². The number of aliphatic hydroxyl groups excluding tert-OH is 1. The molecule has 18 heavy (non-hydrogen) atoms. The Bertz CT molecular complexity index is 376. The molecule has 0 aliphatic carbocycles. The lowest BCUT2D eigenvalue weighted by molar-refractivity contribution is -0.121. The quantitative estimate of drug-likeness (QED) is 0.640. The molecule has 1 atom stereocenters. The van der Waals surface area contributed by atoms with Crippen LogP contribution in [0.4, 0.5) is 0 Å². The SMILES string of the molecule is CC(C)CNC(=O)CCn1cncc1C(N)CO. The number of amides is 1. The molecule has 0 radical (unpaired) electrons. The second-order valence-electron chi connectivity index (χ2n) is 4.75. The minimum Gasteiger partial charge on any atom is -0.394 e. The van der Waals surface area contributed by atoms with Crippen molar-refractivity contribution in [2.24, 2.45) is 11.7 Å². The number of hydrogen-bond donors (Lipinski definition) is 3. The van der Waals surface area contributed by atoms with Crippen LogP contribution in [0.3, 0.4) is 0 Å². The number of carbonyl (C=O) groups excluding carboxylic acids is 1. The lowest BCUT2D eigenvalue weighted by atomic mass is 10.2. The van der Waals surface area contributed by atoms with Gasteiger partial charge in [0.05, 0.1) is 24.7 Å². The Hall–Kier alpha value is -1.40. The maximum Gasteiger partial charge on any atom is 0.221 e. The van der Waals surface area contributed by atoms with Crippen molar-refractivity contribution in [3.05, 3.63) is 18.2 Å². The zero-order chi connectivity index (χ0) is 13.5. The summed E-state index contributed by atoms with van der Waals surface area (Å²) in [6.45, 7) is 5.17. The first-order valence-corrected chi connectivity index (χ1v) is 6.17. The van der Waals surface area contributed by atoms with E-state index in [-0.39, 0.29) is 12.5 Å². The van der Waals surface area contributed by atoms with Crippen molar-refractivity contribution >= 4 is 5.91 Å². The Balaban J connectivity index is 2.44. The second-order valence-corrected chi connectivity index (χ2v) is 4.75. The van der Waals surface area contributed by atoms with Crippen LogP contribution in [-0.4, -0.2) is 33.7 Å². The van der Waals surface area contributed by atoms with Gasteiger partial charge in [0.1, 0.15) is 0 Å². The van der Waals surface area contributed by atoms with E-state index < -0.39 is 6.04 Å². The van der Waals surface area contributed by atoms with Gasteiger partial charge >= 0.3 is 0 Å². The van der Waals surface area contributed by atoms with Gasteiger partial charge in [0.25, 0.3) is 0 Å². The summed E-state index contributed by atoms with van der Waals surface area (Å²) in [7, 11) is 0. The third kappa shape index (κ3) is 4.46. The molecule has 1 aromatic rings. The highest BCUT2D eigenvalue weighted by molar-refractivity contribution is 5.75. The van der Waals surface area contributed by atoms with Crippen LogP contribution in [0.25, 0.3) is 0 Å². The van der Waals surface area contributed by atoms with E-state index in [0.29, 0.717) is 25.4 Å². The molecule has 4 N–H and O–H groups in total. The summed E-state index contributed by atoms with van der Waals surface area (Å²) < 4.78 is 1.80. The van der Waals surface area contributed by atoms with Crippen LogP contribution in [0.5, 0.6) is 0 Å². The van der Waals surface area contributed by atoms with E-state index in [4.69, 9.17) is 10.8 Å². The molecule has 0 saturated carbocycles. The Morgan fingerprint density at radius 3 is 2.94 bits per heavy atom. The molecule has 6 heteroatoms. The normalized spacial score (nSPS) is 12.7. The average molecular weight is 254 g/mol. The van der Waals surface area contributed by atoms with Crippen molar-refractivity contribution in [2.75, 3.05) is 13.2 Å². The summed E-state index contributed by atoms with van der Waals surface area (Å²) in [5.74, 6) is 0.460. The number of nitrogens with one attached hydrogen (secondary N) is 1. The Labute approximate surface area is 107 Å². The number of nitrogens with two attached hydrogens (primary N) is 1. The second kappa shape index (κ2) is 7.13. The van der Waals surface area contributed by atoms with Gasteiger partial charge in [-0.25, -0.2) is 4.98 Å². The summed E-state index contributed by atoms with van der Waals surface area (Å²) >= 11 is 0. The Morgan fingerprint density at radius 1 is 1.61 bits per heavy atom. The van der Waals surface area contributed by atoms with Gasteiger partial charge in [0.15, 0.2) is 0 Å². The van der Waals surface area contributed by atoms with Crippen LogP contribution in [0.1, 0.15) is 32.0 Å². The number of aromatic nitrogens is 2. The van der Waals surface area contributed by atoms with E-state index in [1.807, 2.05) is 0 Å². The molecule has 6 nitrogen and oxygen atoms in total. The third-order valence-corrected chi connectivity index (χ3v) is 2.61. The number of aliphatic hydroxyl groups is 1. The lowest BCUT2D eigenvalue weighted by Gasteiger charge is -2.12. The molecule has 1 rings (SSSR count). The molecular formula is C12H22N4O2. The number of hydrogen-bond acceptors (Lipinski definition) is 4. The lowest BCUT2D eigenvalue weighted by Crippen LogP contribution is -2.28. The van der Waals surface area contributed by atoms with Crippen LogP contribution in [0, 0.1) is 5.92 Å². The molecule has 0 bridgehead atoms. The first kappa shape index (κ1) is 14.7. The summed E-state index contributed by atoms with van der Waals surface area (Å²) in [4.78, 5) is 15.6. The third-order valence-electron chi connectivity index (χ3n) is 2.61. The molecule has 1 aromatic heterocycles. The van der Waals surface area contributed by atoms with Crippen molar-refractivity contribution < 1.29 is 9.90 Å². The monoisotopic (exact) mass is 254 g/mol. The molecular weight excluding hydrogens is 232 g/mol. The zero-order valence-electron chi connectivity index (χ0n) is 11.0. The first-order valence-electron chi connectivity index (χ1n) is 6.17. The molecule has 102 valence electrons. The number of nitrogens with zero attached hydrogens (tertiary/aromatic N) is 2. The van der Waals surface area contributed by atoms with E-state index in [0.717, 1.165) is 5.69 Å². The fraction of sp³-hybridized carbons (Fsp3) is 0.667. The summed E-state index contributed by atoms with van der Waals surface area (Å²) in [6, 6.07) is -0.453. The molecule has 1 unspecified atom stereocenters. The van der Waals surface area contributed by atoms with Crippen LogP contribution in [-0.2, 0) is 11.3 Å².